The Morgan fingerprint density at radius 3 is 2.47 bits per heavy atom. The van der Waals surface area contributed by atoms with Gasteiger partial charge in [-0.3, -0.25) is 0 Å². The van der Waals surface area contributed by atoms with E-state index in [9.17, 15) is 0 Å². The molecular formula is C14H15BrN2. The maximum atomic E-state index is 5.74. The van der Waals surface area contributed by atoms with Crippen LogP contribution in [-0.4, -0.2) is 0 Å². The molecule has 0 aromatic heterocycles. The van der Waals surface area contributed by atoms with E-state index in [2.05, 4.69) is 40.3 Å². The Bertz CT molecular complexity index is 550. The minimum atomic E-state index is 0.788. The molecule has 0 unspecified atom stereocenters. The molecule has 0 heterocycles. The topological polar surface area (TPSA) is 38.0 Å². The van der Waals surface area contributed by atoms with Crippen LogP contribution in [0.25, 0.3) is 0 Å². The van der Waals surface area contributed by atoms with Crippen molar-refractivity contribution in [2.45, 2.75) is 13.8 Å². The third-order valence-corrected chi connectivity index (χ3v) is 3.33. The van der Waals surface area contributed by atoms with Crippen LogP contribution in [0.2, 0.25) is 0 Å². The van der Waals surface area contributed by atoms with Gasteiger partial charge in [0.15, 0.2) is 0 Å². The van der Waals surface area contributed by atoms with Crippen LogP contribution < -0.4 is 11.1 Å². The largest absolute Gasteiger partial charge is 0.399 e. The van der Waals surface area contributed by atoms with Crippen LogP contribution >= 0.6 is 15.9 Å². The molecule has 3 heteroatoms. The van der Waals surface area contributed by atoms with Gasteiger partial charge in [-0.25, -0.2) is 0 Å². The molecule has 2 nitrogen and oxygen atoms in total. The van der Waals surface area contributed by atoms with Crippen LogP contribution in [0, 0.1) is 13.8 Å². The molecule has 2 rings (SSSR count). The van der Waals surface area contributed by atoms with Gasteiger partial charge in [0.2, 0.25) is 0 Å². The van der Waals surface area contributed by atoms with Crippen molar-refractivity contribution in [1.82, 2.24) is 0 Å². The third-order valence-electron chi connectivity index (χ3n) is 2.64. The number of nitrogens with one attached hydrogen (secondary N) is 1. The predicted octanol–water partition coefficient (Wildman–Crippen LogP) is 4.39. The molecule has 3 N–H and O–H groups in total. The summed E-state index contributed by atoms with van der Waals surface area (Å²) in [5.41, 5.74) is 11.0. The Morgan fingerprint density at radius 1 is 1.00 bits per heavy atom. The zero-order valence-corrected chi connectivity index (χ0v) is 11.5. The first-order valence-corrected chi connectivity index (χ1v) is 6.25. The second-order valence-electron chi connectivity index (χ2n) is 4.18. The SMILES string of the molecule is Cc1ccc(Br)c(Nc2ccc(N)cc2C)c1. The number of hydrogen-bond donors (Lipinski definition) is 2. The van der Waals surface area contributed by atoms with E-state index in [4.69, 9.17) is 5.73 Å². The lowest BCUT2D eigenvalue weighted by molar-refractivity contribution is 1.40. The van der Waals surface area contributed by atoms with E-state index in [0.29, 0.717) is 0 Å². The van der Waals surface area contributed by atoms with E-state index < -0.39 is 0 Å². The molecule has 2 aromatic carbocycles. The van der Waals surface area contributed by atoms with Gasteiger partial charge in [0.05, 0.1) is 5.69 Å². The summed E-state index contributed by atoms with van der Waals surface area (Å²) in [5.74, 6) is 0. The van der Waals surface area contributed by atoms with Gasteiger partial charge in [0.25, 0.3) is 0 Å². The number of nitrogen functional groups attached to an aromatic ring is 1. The first-order chi connectivity index (χ1) is 8.06. The first kappa shape index (κ1) is 12.0. The maximum Gasteiger partial charge on any atom is 0.0531 e. The van der Waals surface area contributed by atoms with Gasteiger partial charge in [0, 0.05) is 15.8 Å². The summed E-state index contributed by atoms with van der Waals surface area (Å²) in [6.45, 7) is 4.12. The molecule has 17 heavy (non-hydrogen) atoms. The van der Waals surface area contributed by atoms with E-state index in [1.165, 1.54) is 5.56 Å². The Balaban J connectivity index is 2.34. The maximum absolute atomic E-state index is 5.74. The lowest BCUT2D eigenvalue weighted by atomic mass is 10.1. The highest BCUT2D eigenvalue weighted by atomic mass is 79.9. The second kappa shape index (κ2) is 4.80. The molecule has 0 saturated heterocycles. The number of benzene rings is 2. The molecule has 0 aliphatic heterocycles. The average molecular weight is 291 g/mol. The van der Waals surface area contributed by atoms with Crippen molar-refractivity contribution in [2.75, 3.05) is 11.1 Å². The fourth-order valence-corrected chi connectivity index (χ4v) is 2.05. The minimum Gasteiger partial charge on any atom is -0.399 e. The second-order valence-corrected chi connectivity index (χ2v) is 5.04. The molecule has 0 saturated carbocycles. The lowest BCUT2D eigenvalue weighted by Gasteiger charge is -2.12. The zero-order valence-electron chi connectivity index (χ0n) is 9.92. The molecule has 2 aromatic rings. The summed E-state index contributed by atoms with van der Waals surface area (Å²) in [7, 11) is 0. The summed E-state index contributed by atoms with van der Waals surface area (Å²) in [4.78, 5) is 0. The highest BCUT2D eigenvalue weighted by Gasteiger charge is 2.03. The first-order valence-electron chi connectivity index (χ1n) is 5.45. The van der Waals surface area contributed by atoms with Gasteiger partial charge in [-0.05, 0) is 71.2 Å². The zero-order chi connectivity index (χ0) is 12.4. The van der Waals surface area contributed by atoms with Crippen LogP contribution in [0.4, 0.5) is 17.1 Å². The van der Waals surface area contributed by atoms with E-state index in [1.807, 2.05) is 31.2 Å². The molecule has 0 aliphatic carbocycles. The van der Waals surface area contributed by atoms with Crippen molar-refractivity contribution < 1.29 is 0 Å². The van der Waals surface area contributed by atoms with Crippen LogP contribution in [0.1, 0.15) is 11.1 Å². The Kier molecular flexibility index (Phi) is 3.38. The Morgan fingerprint density at radius 2 is 1.76 bits per heavy atom. The normalized spacial score (nSPS) is 10.3. The Hall–Kier alpha value is -1.48. The molecule has 0 atom stereocenters. The number of hydrogen-bond acceptors (Lipinski definition) is 2. The molecule has 88 valence electrons. The summed E-state index contributed by atoms with van der Waals surface area (Å²) in [6.07, 6.45) is 0. The van der Waals surface area contributed by atoms with Gasteiger partial charge in [0.1, 0.15) is 0 Å². The number of nitrogens with two attached hydrogens (primary N) is 1. The van der Waals surface area contributed by atoms with Crippen molar-refractivity contribution in [2.24, 2.45) is 0 Å². The fourth-order valence-electron chi connectivity index (χ4n) is 1.71. The summed E-state index contributed by atoms with van der Waals surface area (Å²) >= 11 is 3.54. The quantitative estimate of drug-likeness (QED) is 0.805. The van der Waals surface area contributed by atoms with Crippen molar-refractivity contribution >= 4 is 33.0 Å². The highest BCUT2D eigenvalue weighted by molar-refractivity contribution is 9.10. The van der Waals surface area contributed by atoms with Gasteiger partial charge < -0.3 is 11.1 Å². The van der Waals surface area contributed by atoms with Crippen molar-refractivity contribution in [1.29, 1.82) is 0 Å². The van der Waals surface area contributed by atoms with Gasteiger partial charge in [-0.1, -0.05) is 6.07 Å². The highest BCUT2D eigenvalue weighted by Crippen LogP contribution is 2.28. The molecule has 0 bridgehead atoms. The minimum absolute atomic E-state index is 0.788. The Labute approximate surface area is 110 Å². The van der Waals surface area contributed by atoms with Crippen LogP contribution in [0.15, 0.2) is 40.9 Å². The standard InChI is InChI=1S/C14H15BrN2/c1-9-3-5-12(15)14(7-9)17-13-6-4-11(16)8-10(13)2/h3-8,17H,16H2,1-2H3. The fraction of sp³-hybridized carbons (Fsp3) is 0.143. The third kappa shape index (κ3) is 2.80. The predicted molar refractivity (Wildman–Crippen MR) is 77.8 cm³/mol. The summed E-state index contributed by atoms with van der Waals surface area (Å²) in [6, 6.07) is 12.1. The van der Waals surface area contributed by atoms with Crippen molar-refractivity contribution in [3.8, 4) is 0 Å². The number of halogens is 1. The van der Waals surface area contributed by atoms with Crippen LogP contribution in [0.3, 0.4) is 0 Å². The molecular weight excluding hydrogens is 276 g/mol. The lowest BCUT2D eigenvalue weighted by Crippen LogP contribution is -1.96. The molecule has 0 fully saturated rings. The van der Waals surface area contributed by atoms with E-state index in [-0.39, 0.29) is 0 Å². The van der Waals surface area contributed by atoms with Gasteiger partial charge >= 0.3 is 0 Å². The molecule has 0 spiro atoms. The summed E-state index contributed by atoms with van der Waals surface area (Å²) < 4.78 is 1.05. The molecule has 0 amide bonds. The van der Waals surface area contributed by atoms with Gasteiger partial charge in [-0.15, -0.1) is 0 Å². The van der Waals surface area contributed by atoms with E-state index in [0.717, 1.165) is 27.1 Å². The number of anilines is 3. The van der Waals surface area contributed by atoms with Crippen molar-refractivity contribution in [3.63, 3.8) is 0 Å². The number of rotatable bonds is 2. The van der Waals surface area contributed by atoms with E-state index in [1.54, 1.807) is 0 Å². The summed E-state index contributed by atoms with van der Waals surface area (Å²) in [5, 5.41) is 3.41. The number of aryl methyl sites for hydroxylation is 2. The van der Waals surface area contributed by atoms with Crippen LogP contribution in [-0.2, 0) is 0 Å². The molecule has 0 radical (unpaired) electrons. The van der Waals surface area contributed by atoms with Crippen molar-refractivity contribution in [3.05, 3.63) is 52.0 Å². The van der Waals surface area contributed by atoms with E-state index >= 15 is 0 Å². The average Bonchev–Trinajstić information content (AvgIpc) is 2.27. The monoisotopic (exact) mass is 290 g/mol. The molecule has 0 aliphatic rings. The van der Waals surface area contributed by atoms with Gasteiger partial charge in [-0.2, -0.15) is 0 Å². The smallest absolute Gasteiger partial charge is 0.0531 e. The van der Waals surface area contributed by atoms with Crippen LogP contribution in [0.5, 0.6) is 0 Å².